The van der Waals surface area contributed by atoms with Crippen LogP contribution in [0.1, 0.15) is 35.4 Å². The molecule has 0 unspecified atom stereocenters. The van der Waals surface area contributed by atoms with Gasteiger partial charge in [0.2, 0.25) is 0 Å². The van der Waals surface area contributed by atoms with E-state index in [2.05, 4.69) is 39.5 Å². The van der Waals surface area contributed by atoms with Crippen molar-refractivity contribution in [3.63, 3.8) is 0 Å². The van der Waals surface area contributed by atoms with Crippen LogP contribution < -0.4 is 5.32 Å². The summed E-state index contributed by atoms with van der Waals surface area (Å²) in [6.07, 6.45) is 5.92. The number of nitrogens with zero attached hydrogens (tertiary/aromatic N) is 3. The Balaban J connectivity index is 1.28. The minimum absolute atomic E-state index is 0.00623. The number of thiazole rings is 1. The SMILES string of the molecule is O=C(Nc1nc2c(s1)CCCCC2)N1CCN(Cc2ccccc2)CC1. The third kappa shape index (κ3) is 4.24. The molecule has 0 spiro atoms. The van der Waals surface area contributed by atoms with Crippen molar-refractivity contribution >= 4 is 22.5 Å². The highest BCUT2D eigenvalue weighted by atomic mass is 32.1. The van der Waals surface area contributed by atoms with Crippen molar-refractivity contribution in [3.8, 4) is 0 Å². The van der Waals surface area contributed by atoms with Gasteiger partial charge in [0.15, 0.2) is 5.13 Å². The van der Waals surface area contributed by atoms with E-state index in [4.69, 9.17) is 0 Å². The normalized spacial score (nSPS) is 18.2. The van der Waals surface area contributed by atoms with Gasteiger partial charge in [0.25, 0.3) is 0 Å². The molecule has 6 heteroatoms. The van der Waals surface area contributed by atoms with Crippen molar-refractivity contribution in [2.45, 2.75) is 38.6 Å². The maximum absolute atomic E-state index is 12.6. The zero-order valence-corrected chi connectivity index (χ0v) is 15.9. The van der Waals surface area contributed by atoms with Gasteiger partial charge in [-0.3, -0.25) is 10.2 Å². The van der Waals surface area contributed by atoms with Gasteiger partial charge in [-0.1, -0.05) is 36.8 Å². The van der Waals surface area contributed by atoms with Crippen LogP contribution >= 0.6 is 11.3 Å². The summed E-state index contributed by atoms with van der Waals surface area (Å²) in [7, 11) is 0. The molecule has 1 aliphatic carbocycles. The van der Waals surface area contributed by atoms with E-state index in [0.29, 0.717) is 0 Å². The molecule has 2 heterocycles. The van der Waals surface area contributed by atoms with Gasteiger partial charge in [0.1, 0.15) is 0 Å². The van der Waals surface area contributed by atoms with Gasteiger partial charge in [-0.05, 0) is 31.2 Å². The zero-order chi connectivity index (χ0) is 17.8. The molecule has 2 amide bonds. The molecule has 0 radical (unpaired) electrons. The van der Waals surface area contributed by atoms with Crippen LogP contribution in [-0.2, 0) is 19.4 Å². The lowest BCUT2D eigenvalue weighted by molar-refractivity contribution is 0.143. The van der Waals surface area contributed by atoms with E-state index in [1.54, 1.807) is 11.3 Å². The minimum atomic E-state index is -0.00623. The highest BCUT2D eigenvalue weighted by Crippen LogP contribution is 2.29. The standard InChI is InChI=1S/C20H26N4OS/c25-20(22-19-21-17-9-5-2-6-10-18(17)26-19)24-13-11-23(12-14-24)15-16-7-3-1-4-8-16/h1,3-4,7-8H,2,5-6,9-15H2,(H,21,22,25). The quantitative estimate of drug-likeness (QED) is 0.837. The van der Waals surface area contributed by atoms with Crippen molar-refractivity contribution in [2.75, 3.05) is 31.5 Å². The average molecular weight is 371 g/mol. The molecule has 1 N–H and O–H groups in total. The summed E-state index contributed by atoms with van der Waals surface area (Å²) >= 11 is 1.66. The Bertz CT molecular complexity index is 714. The lowest BCUT2D eigenvalue weighted by atomic mass is 10.2. The summed E-state index contributed by atoms with van der Waals surface area (Å²) in [4.78, 5) is 22.9. The molecule has 138 valence electrons. The number of hydrogen-bond acceptors (Lipinski definition) is 4. The van der Waals surface area contributed by atoms with Crippen LogP contribution in [-0.4, -0.2) is 47.0 Å². The minimum Gasteiger partial charge on any atom is -0.322 e. The number of aromatic nitrogens is 1. The molecule has 0 saturated carbocycles. The number of urea groups is 1. The summed E-state index contributed by atoms with van der Waals surface area (Å²) in [5, 5.41) is 3.80. The number of carbonyl (C=O) groups excluding carboxylic acids is 1. The van der Waals surface area contributed by atoms with Crippen LogP contribution in [0.5, 0.6) is 0 Å². The Morgan fingerprint density at radius 2 is 1.81 bits per heavy atom. The number of piperazine rings is 1. The first-order valence-electron chi connectivity index (χ1n) is 9.59. The maximum Gasteiger partial charge on any atom is 0.323 e. The Morgan fingerprint density at radius 1 is 1.04 bits per heavy atom. The number of carbonyl (C=O) groups is 1. The van der Waals surface area contributed by atoms with Gasteiger partial charge in [0.05, 0.1) is 5.69 Å². The number of amides is 2. The molecule has 1 saturated heterocycles. The van der Waals surface area contributed by atoms with Crippen molar-refractivity contribution in [2.24, 2.45) is 0 Å². The Hall–Kier alpha value is -1.92. The number of rotatable bonds is 3. The second-order valence-corrected chi connectivity index (χ2v) is 8.21. The van der Waals surface area contributed by atoms with E-state index in [0.717, 1.165) is 50.7 Å². The van der Waals surface area contributed by atoms with Crippen molar-refractivity contribution < 1.29 is 4.79 Å². The topological polar surface area (TPSA) is 48.5 Å². The molecular weight excluding hydrogens is 344 g/mol. The Labute approximate surface area is 159 Å². The van der Waals surface area contributed by atoms with Gasteiger partial charge in [-0.2, -0.15) is 0 Å². The van der Waals surface area contributed by atoms with Gasteiger partial charge < -0.3 is 4.90 Å². The first-order valence-corrected chi connectivity index (χ1v) is 10.4. The zero-order valence-electron chi connectivity index (χ0n) is 15.1. The molecule has 0 atom stereocenters. The number of aryl methyl sites for hydroxylation is 2. The van der Waals surface area contributed by atoms with Gasteiger partial charge in [0, 0.05) is 37.6 Å². The van der Waals surface area contributed by atoms with E-state index in [1.807, 2.05) is 11.0 Å². The van der Waals surface area contributed by atoms with E-state index in [1.165, 1.54) is 35.4 Å². The van der Waals surface area contributed by atoms with Crippen molar-refractivity contribution in [1.29, 1.82) is 0 Å². The van der Waals surface area contributed by atoms with E-state index in [9.17, 15) is 4.79 Å². The fourth-order valence-electron chi connectivity index (χ4n) is 3.70. The second kappa shape index (κ2) is 8.18. The predicted octanol–water partition coefficient (Wildman–Crippen LogP) is 3.76. The van der Waals surface area contributed by atoms with Crippen molar-refractivity contribution in [3.05, 3.63) is 46.5 Å². The van der Waals surface area contributed by atoms with Crippen LogP contribution in [0.4, 0.5) is 9.93 Å². The van der Waals surface area contributed by atoms with Crippen LogP contribution in [0.3, 0.4) is 0 Å². The van der Waals surface area contributed by atoms with Gasteiger partial charge >= 0.3 is 6.03 Å². The second-order valence-electron chi connectivity index (χ2n) is 7.13. The number of fused-ring (bicyclic) bond motifs is 1. The molecule has 1 aliphatic heterocycles. The predicted molar refractivity (Wildman–Crippen MR) is 106 cm³/mol. The Morgan fingerprint density at radius 3 is 2.62 bits per heavy atom. The third-order valence-corrected chi connectivity index (χ3v) is 6.29. The summed E-state index contributed by atoms with van der Waals surface area (Å²) in [5.74, 6) is 0. The third-order valence-electron chi connectivity index (χ3n) is 5.22. The molecule has 2 aliphatic rings. The smallest absolute Gasteiger partial charge is 0.322 e. The maximum atomic E-state index is 12.6. The summed E-state index contributed by atoms with van der Waals surface area (Å²) in [6, 6.07) is 10.5. The van der Waals surface area contributed by atoms with Gasteiger partial charge in [-0.25, -0.2) is 9.78 Å². The fourth-order valence-corrected chi connectivity index (χ4v) is 4.74. The molecule has 1 aromatic heterocycles. The summed E-state index contributed by atoms with van der Waals surface area (Å²) in [5.41, 5.74) is 2.53. The van der Waals surface area contributed by atoms with Gasteiger partial charge in [-0.15, -0.1) is 11.3 Å². The molecule has 26 heavy (non-hydrogen) atoms. The number of anilines is 1. The first kappa shape index (κ1) is 17.5. The van der Waals surface area contributed by atoms with E-state index < -0.39 is 0 Å². The van der Waals surface area contributed by atoms with Crippen LogP contribution in [0.25, 0.3) is 0 Å². The van der Waals surface area contributed by atoms with Crippen LogP contribution in [0.2, 0.25) is 0 Å². The molecule has 0 bridgehead atoms. The largest absolute Gasteiger partial charge is 0.323 e. The van der Waals surface area contributed by atoms with E-state index in [-0.39, 0.29) is 6.03 Å². The summed E-state index contributed by atoms with van der Waals surface area (Å²) in [6.45, 7) is 4.32. The Kier molecular flexibility index (Phi) is 5.51. The van der Waals surface area contributed by atoms with Crippen molar-refractivity contribution in [1.82, 2.24) is 14.8 Å². The lowest BCUT2D eigenvalue weighted by Gasteiger charge is -2.34. The lowest BCUT2D eigenvalue weighted by Crippen LogP contribution is -2.49. The number of nitrogens with one attached hydrogen (secondary N) is 1. The molecular formula is C20H26N4OS. The molecule has 4 rings (SSSR count). The molecule has 1 aromatic carbocycles. The fraction of sp³-hybridized carbons (Fsp3) is 0.500. The number of benzene rings is 1. The van der Waals surface area contributed by atoms with E-state index >= 15 is 0 Å². The first-order chi connectivity index (χ1) is 12.8. The molecule has 2 aromatic rings. The highest BCUT2D eigenvalue weighted by molar-refractivity contribution is 7.15. The summed E-state index contributed by atoms with van der Waals surface area (Å²) < 4.78 is 0. The monoisotopic (exact) mass is 370 g/mol. The molecule has 1 fully saturated rings. The number of hydrogen-bond donors (Lipinski definition) is 1. The molecule has 5 nitrogen and oxygen atoms in total. The van der Waals surface area contributed by atoms with Crippen LogP contribution in [0.15, 0.2) is 30.3 Å². The highest BCUT2D eigenvalue weighted by Gasteiger charge is 2.22. The average Bonchev–Trinajstić information content (AvgIpc) is 2.91. The van der Waals surface area contributed by atoms with Crippen LogP contribution in [0, 0.1) is 0 Å².